The van der Waals surface area contributed by atoms with E-state index in [0.717, 1.165) is 5.56 Å². The lowest BCUT2D eigenvalue weighted by molar-refractivity contribution is -0.136. The normalized spacial score (nSPS) is 10.1. The molecule has 0 bridgehead atoms. The molecule has 0 radical (unpaired) electrons. The van der Waals surface area contributed by atoms with E-state index in [9.17, 15) is 19.1 Å². The molecule has 0 fully saturated rings. The fraction of sp³-hybridized carbons (Fsp3) is 0.125. The van der Waals surface area contributed by atoms with E-state index in [-0.39, 0.29) is 23.5 Å². The topological polar surface area (TPSA) is 78.4 Å². The number of hydrogen-bond acceptors (Lipinski definition) is 3. The summed E-state index contributed by atoms with van der Waals surface area (Å²) in [7, 11) is 0. The van der Waals surface area contributed by atoms with Crippen molar-refractivity contribution in [2.45, 2.75) is 13.5 Å². The summed E-state index contributed by atoms with van der Waals surface area (Å²) in [6.07, 6.45) is 0. The van der Waals surface area contributed by atoms with Crippen molar-refractivity contribution in [3.63, 3.8) is 0 Å². The first-order chi connectivity index (χ1) is 10.5. The van der Waals surface area contributed by atoms with E-state index < -0.39 is 17.6 Å². The maximum Gasteiger partial charge on any atom is 0.313 e. The summed E-state index contributed by atoms with van der Waals surface area (Å²) >= 11 is 0. The van der Waals surface area contributed by atoms with Gasteiger partial charge in [-0.15, -0.1) is 0 Å². The van der Waals surface area contributed by atoms with Gasteiger partial charge in [-0.25, -0.2) is 4.39 Å². The number of phenolic OH excluding ortho intramolecular Hbond substituents is 1. The Labute approximate surface area is 126 Å². The van der Waals surface area contributed by atoms with Crippen molar-refractivity contribution in [2.24, 2.45) is 0 Å². The number of nitrogens with one attached hydrogen (secondary N) is 2. The highest BCUT2D eigenvalue weighted by molar-refractivity contribution is 6.39. The van der Waals surface area contributed by atoms with Gasteiger partial charge in [0.2, 0.25) is 0 Å². The second-order valence-corrected chi connectivity index (χ2v) is 4.75. The molecule has 0 unspecified atom stereocenters. The number of hydrogen-bond donors (Lipinski definition) is 3. The van der Waals surface area contributed by atoms with E-state index in [4.69, 9.17) is 0 Å². The van der Waals surface area contributed by atoms with Gasteiger partial charge >= 0.3 is 11.8 Å². The smallest absolute Gasteiger partial charge is 0.313 e. The lowest BCUT2D eigenvalue weighted by Crippen LogP contribution is -2.35. The highest BCUT2D eigenvalue weighted by Gasteiger charge is 2.15. The van der Waals surface area contributed by atoms with Crippen LogP contribution in [0.5, 0.6) is 5.75 Å². The Balaban J connectivity index is 1.97. The van der Waals surface area contributed by atoms with Crippen LogP contribution in [0.3, 0.4) is 0 Å². The van der Waals surface area contributed by atoms with Gasteiger partial charge in [-0.1, -0.05) is 24.3 Å². The van der Waals surface area contributed by atoms with Gasteiger partial charge < -0.3 is 15.7 Å². The summed E-state index contributed by atoms with van der Waals surface area (Å²) in [4.78, 5) is 23.5. The highest BCUT2D eigenvalue weighted by Crippen LogP contribution is 2.23. The number of amides is 2. The Morgan fingerprint density at radius 3 is 2.59 bits per heavy atom. The number of aromatic hydroxyl groups is 1. The van der Waals surface area contributed by atoms with Crippen LogP contribution >= 0.6 is 0 Å². The minimum absolute atomic E-state index is 0.0985. The summed E-state index contributed by atoms with van der Waals surface area (Å²) < 4.78 is 13.4. The minimum atomic E-state index is -0.933. The third-order valence-electron chi connectivity index (χ3n) is 3.00. The molecular weight excluding hydrogens is 287 g/mol. The first kappa shape index (κ1) is 15.5. The maximum atomic E-state index is 13.4. The molecular formula is C16H15FN2O3. The van der Waals surface area contributed by atoms with Crippen molar-refractivity contribution in [2.75, 3.05) is 5.32 Å². The van der Waals surface area contributed by atoms with Crippen molar-refractivity contribution in [1.29, 1.82) is 0 Å². The van der Waals surface area contributed by atoms with Crippen molar-refractivity contribution in [3.05, 3.63) is 59.4 Å². The maximum absolute atomic E-state index is 13.4. The summed E-state index contributed by atoms with van der Waals surface area (Å²) in [6.45, 7) is 1.69. The molecule has 2 aromatic carbocycles. The molecule has 6 heteroatoms. The lowest BCUT2D eigenvalue weighted by atomic mass is 10.2. The Kier molecular flexibility index (Phi) is 4.73. The SMILES string of the molecule is Cc1ccc(O)c(NC(=O)C(=O)NCc2ccccc2F)c1. The third-order valence-corrected chi connectivity index (χ3v) is 3.00. The molecule has 3 N–H and O–H groups in total. The van der Waals surface area contributed by atoms with Crippen LogP contribution in [0.4, 0.5) is 10.1 Å². The molecule has 0 atom stereocenters. The predicted molar refractivity (Wildman–Crippen MR) is 79.7 cm³/mol. The van der Waals surface area contributed by atoms with Gasteiger partial charge in [0.25, 0.3) is 0 Å². The number of rotatable bonds is 3. The average Bonchev–Trinajstić information content (AvgIpc) is 2.49. The summed E-state index contributed by atoms with van der Waals surface area (Å²) in [5.41, 5.74) is 1.24. The largest absolute Gasteiger partial charge is 0.506 e. The van der Waals surface area contributed by atoms with Gasteiger partial charge in [0.05, 0.1) is 5.69 Å². The first-order valence-corrected chi connectivity index (χ1v) is 6.59. The molecule has 0 spiro atoms. The molecule has 0 saturated heterocycles. The van der Waals surface area contributed by atoms with Gasteiger partial charge in [0.1, 0.15) is 11.6 Å². The van der Waals surface area contributed by atoms with Gasteiger partial charge in [0.15, 0.2) is 0 Å². The van der Waals surface area contributed by atoms with E-state index in [2.05, 4.69) is 10.6 Å². The average molecular weight is 302 g/mol. The first-order valence-electron chi connectivity index (χ1n) is 6.59. The third kappa shape index (κ3) is 3.82. The molecule has 0 aromatic heterocycles. The van der Waals surface area contributed by atoms with Crippen LogP contribution < -0.4 is 10.6 Å². The molecule has 0 saturated carbocycles. The van der Waals surface area contributed by atoms with Crippen molar-refractivity contribution >= 4 is 17.5 Å². The number of carbonyl (C=O) groups excluding carboxylic acids is 2. The monoisotopic (exact) mass is 302 g/mol. The number of carbonyl (C=O) groups is 2. The zero-order chi connectivity index (χ0) is 16.1. The van der Waals surface area contributed by atoms with E-state index in [1.165, 1.54) is 30.3 Å². The Bertz CT molecular complexity index is 716. The Hall–Kier alpha value is -2.89. The van der Waals surface area contributed by atoms with Crippen molar-refractivity contribution < 1.29 is 19.1 Å². The van der Waals surface area contributed by atoms with E-state index in [1.807, 2.05) is 0 Å². The number of aryl methyl sites for hydroxylation is 1. The zero-order valence-corrected chi connectivity index (χ0v) is 11.9. The van der Waals surface area contributed by atoms with Crippen LogP contribution in [-0.2, 0) is 16.1 Å². The number of anilines is 1. The van der Waals surface area contributed by atoms with Gasteiger partial charge in [-0.2, -0.15) is 0 Å². The zero-order valence-electron chi connectivity index (χ0n) is 11.9. The van der Waals surface area contributed by atoms with Gasteiger partial charge in [-0.05, 0) is 30.7 Å². The van der Waals surface area contributed by atoms with Crippen molar-refractivity contribution in [3.8, 4) is 5.75 Å². The van der Waals surface area contributed by atoms with Crippen LogP contribution in [0.2, 0.25) is 0 Å². The van der Waals surface area contributed by atoms with Crippen LogP contribution in [0.1, 0.15) is 11.1 Å². The molecule has 114 valence electrons. The summed E-state index contributed by atoms with van der Waals surface area (Å²) in [5.74, 6) is -2.44. The van der Waals surface area contributed by atoms with Gasteiger partial charge in [0, 0.05) is 12.1 Å². The molecule has 0 heterocycles. The second kappa shape index (κ2) is 6.71. The molecule has 2 amide bonds. The molecule has 22 heavy (non-hydrogen) atoms. The number of phenols is 1. The second-order valence-electron chi connectivity index (χ2n) is 4.75. The fourth-order valence-corrected chi connectivity index (χ4v) is 1.83. The quantitative estimate of drug-likeness (QED) is 0.600. The number of halogens is 1. The van der Waals surface area contributed by atoms with E-state index in [0.29, 0.717) is 0 Å². The Morgan fingerprint density at radius 1 is 1.14 bits per heavy atom. The standard InChI is InChI=1S/C16H15FN2O3/c1-10-6-7-14(20)13(8-10)19-16(22)15(21)18-9-11-4-2-3-5-12(11)17/h2-8,20H,9H2,1H3,(H,18,21)(H,19,22). The fourth-order valence-electron chi connectivity index (χ4n) is 1.83. The van der Waals surface area contributed by atoms with Crippen LogP contribution in [0.15, 0.2) is 42.5 Å². The van der Waals surface area contributed by atoms with Crippen molar-refractivity contribution in [1.82, 2.24) is 5.32 Å². The van der Waals surface area contributed by atoms with E-state index >= 15 is 0 Å². The number of benzene rings is 2. The summed E-state index contributed by atoms with van der Waals surface area (Å²) in [6, 6.07) is 10.6. The van der Waals surface area contributed by atoms with Crippen LogP contribution in [0.25, 0.3) is 0 Å². The molecule has 0 aliphatic rings. The lowest BCUT2D eigenvalue weighted by Gasteiger charge is -2.09. The molecule has 0 aliphatic carbocycles. The molecule has 2 rings (SSSR count). The Morgan fingerprint density at radius 2 is 1.86 bits per heavy atom. The molecule has 0 aliphatic heterocycles. The molecule has 5 nitrogen and oxygen atoms in total. The summed E-state index contributed by atoms with van der Waals surface area (Å²) in [5, 5.41) is 14.2. The highest BCUT2D eigenvalue weighted by atomic mass is 19.1. The van der Waals surface area contributed by atoms with Gasteiger partial charge in [-0.3, -0.25) is 9.59 Å². The minimum Gasteiger partial charge on any atom is -0.506 e. The molecule has 2 aromatic rings. The van der Waals surface area contributed by atoms with Crippen LogP contribution in [0, 0.1) is 12.7 Å². The van der Waals surface area contributed by atoms with Crippen LogP contribution in [-0.4, -0.2) is 16.9 Å². The van der Waals surface area contributed by atoms with E-state index in [1.54, 1.807) is 19.1 Å². The predicted octanol–water partition coefficient (Wildman–Crippen LogP) is 2.09.